The zero-order valence-corrected chi connectivity index (χ0v) is 12.8. The molecule has 0 unspecified atom stereocenters. The minimum atomic E-state index is -4.30. The second-order valence-electron chi connectivity index (χ2n) is 5.74. The van der Waals surface area contributed by atoms with E-state index in [4.69, 9.17) is 4.52 Å². The highest BCUT2D eigenvalue weighted by Crippen LogP contribution is 2.31. The highest BCUT2D eigenvalue weighted by Gasteiger charge is 2.31. The highest BCUT2D eigenvalue weighted by atomic mass is 19.4. The van der Waals surface area contributed by atoms with E-state index < -0.39 is 11.7 Å². The van der Waals surface area contributed by atoms with Crippen LogP contribution in [-0.2, 0) is 12.7 Å². The Morgan fingerprint density at radius 1 is 1.13 bits per heavy atom. The topological polar surface area (TPSA) is 32.5 Å². The lowest BCUT2D eigenvalue weighted by Crippen LogP contribution is -2.46. The van der Waals surface area contributed by atoms with Crippen LogP contribution in [0.4, 0.5) is 18.9 Å². The van der Waals surface area contributed by atoms with Gasteiger partial charge in [-0.15, -0.1) is 0 Å². The second-order valence-corrected chi connectivity index (χ2v) is 5.74. The molecule has 1 aliphatic heterocycles. The number of alkyl halides is 3. The third-order valence-corrected chi connectivity index (χ3v) is 3.97. The van der Waals surface area contributed by atoms with Crippen molar-refractivity contribution in [3.8, 4) is 0 Å². The van der Waals surface area contributed by atoms with Gasteiger partial charge >= 0.3 is 6.18 Å². The standard InChI is InChI=1S/C16H18F3N3O/c1-12-9-14(20-23-12)11-21-5-7-22(8-6-21)15-4-2-3-13(10-15)16(17,18)19/h2-4,9-10H,5-8,11H2,1H3. The Hall–Kier alpha value is -2.02. The van der Waals surface area contributed by atoms with Crippen LogP contribution in [0, 0.1) is 6.92 Å². The monoisotopic (exact) mass is 325 g/mol. The van der Waals surface area contributed by atoms with Gasteiger partial charge in [0.15, 0.2) is 0 Å². The summed E-state index contributed by atoms with van der Waals surface area (Å²) in [6, 6.07) is 7.41. The third-order valence-electron chi connectivity index (χ3n) is 3.97. The van der Waals surface area contributed by atoms with Crippen LogP contribution in [0.2, 0.25) is 0 Å². The van der Waals surface area contributed by atoms with E-state index >= 15 is 0 Å². The Bertz CT molecular complexity index is 661. The molecule has 1 fully saturated rings. The van der Waals surface area contributed by atoms with Crippen LogP contribution < -0.4 is 4.90 Å². The molecule has 3 rings (SSSR count). The Balaban J connectivity index is 1.60. The minimum Gasteiger partial charge on any atom is -0.369 e. The van der Waals surface area contributed by atoms with E-state index in [1.165, 1.54) is 12.1 Å². The third kappa shape index (κ3) is 3.85. The van der Waals surface area contributed by atoms with E-state index in [1.807, 2.05) is 17.9 Å². The number of benzene rings is 1. The van der Waals surface area contributed by atoms with Crippen molar-refractivity contribution in [1.82, 2.24) is 10.1 Å². The van der Waals surface area contributed by atoms with Crippen molar-refractivity contribution in [3.05, 3.63) is 47.3 Å². The van der Waals surface area contributed by atoms with Gasteiger partial charge in [0.1, 0.15) is 5.76 Å². The number of piperazine rings is 1. The maximum Gasteiger partial charge on any atom is 0.416 e. The summed E-state index contributed by atoms with van der Waals surface area (Å²) in [7, 11) is 0. The van der Waals surface area contributed by atoms with E-state index in [-0.39, 0.29) is 0 Å². The molecule has 0 N–H and O–H groups in total. The maximum absolute atomic E-state index is 12.8. The largest absolute Gasteiger partial charge is 0.416 e. The lowest BCUT2D eigenvalue weighted by Gasteiger charge is -2.35. The summed E-state index contributed by atoms with van der Waals surface area (Å²) in [4.78, 5) is 4.21. The van der Waals surface area contributed by atoms with Gasteiger partial charge in [-0.25, -0.2) is 0 Å². The molecule has 1 saturated heterocycles. The van der Waals surface area contributed by atoms with Crippen LogP contribution >= 0.6 is 0 Å². The average molecular weight is 325 g/mol. The number of aromatic nitrogens is 1. The number of hydrogen-bond donors (Lipinski definition) is 0. The molecule has 23 heavy (non-hydrogen) atoms. The maximum atomic E-state index is 12.8. The van der Waals surface area contributed by atoms with Gasteiger partial charge in [0.2, 0.25) is 0 Å². The predicted octanol–water partition coefficient (Wildman–Crippen LogP) is 3.32. The normalized spacial score (nSPS) is 16.8. The van der Waals surface area contributed by atoms with Gasteiger partial charge in [-0.2, -0.15) is 13.2 Å². The summed E-state index contributed by atoms with van der Waals surface area (Å²) in [6.07, 6.45) is -4.30. The van der Waals surface area contributed by atoms with Gasteiger partial charge in [-0.3, -0.25) is 4.90 Å². The first kappa shape index (κ1) is 15.9. The molecule has 0 saturated carbocycles. The molecule has 0 aliphatic carbocycles. The van der Waals surface area contributed by atoms with Crippen molar-refractivity contribution < 1.29 is 17.7 Å². The first-order valence-corrected chi connectivity index (χ1v) is 7.48. The van der Waals surface area contributed by atoms with Gasteiger partial charge in [-0.1, -0.05) is 11.2 Å². The molecule has 124 valence electrons. The molecule has 2 heterocycles. The van der Waals surface area contributed by atoms with Crippen LogP contribution in [0.25, 0.3) is 0 Å². The van der Waals surface area contributed by atoms with E-state index in [0.717, 1.165) is 30.6 Å². The summed E-state index contributed by atoms with van der Waals surface area (Å²) in [5, 5.41) is 3.97. The molecule has 0 spiro atoms. The lowest BCUT2D eigenvalue weighted by molar-refractivity contribution is -0.137. The molecule has 4 nitrogen and oxygen atoms in total. The SMILES string of the molecule is Cc1cc(CN2CCN(c3cccc(C(F)(F)F)c3)CC2)no1. The number of hydrogen-bond acceptors (Lipinski definition) is 4. The molecular formula is C16H18F3N3O. The van der Waals surface area contributed by atoms with Crippen molar-refractivity contribution >= 4 is 5.69 Å². The lowest BCUT2D eigenvalue weighted by atomic mass is 10.1. The van der Waals surface area contributed by atoms with Crippen molar-refractivity contribution in [3.63, 3.8) is 0 Å². The van der Waals surface area contributed by atoms with E-state index in [1.54, 1.807) is 6.07 Å². The number of nitrogens with zero attached hydrogens (tertiary/aromatic N) is 3. The van der Waals surface area contributed by atoms with Gasteiger partial charge < -0.3 is 9.42 Å². The summed E-state index contributed by atoms with van der Waals surface area (Å²) in [6.45, 7) is 5.50. The molecule has 1 aromatic heterocycles. The molecule has 2 aromatic rings. The Kier molecular flexibility index (Phi) is 4.30. The number of aryl methyl sites for hydroxylation is 1. The van der Waals surface area contributed by atoms with Crippen LogP contribution in [0.1, 0.15) is 17.0 Å². The van der Waals surface area contributed by atoms with Crippen molar-refractivity contribution in [2.24, 2.45) is 0 Å². The molecule has 0 bridgehead atoms. The van der Waals surface area contributed by atoms with Crippen molar-refractivity contribution in [2.75, 3.05) is 31.1 Å². The second kappa shape index (κ2) is 6.23. The highest BCUT2D eigenvalue weighted by molar-refractivity contribution is 5.49. The van der Waals surface area contributed by atoms with Gasteiger partial charge in [0.25, 0.3) is 0 Å². The summed E-state index contributed by atoms with van der Waals surface area (Å²) < 4.78 is 43.4. The molecule has 1 aromatic carbocycles. The summed E-state index contributed by atoms with van der Waals surface area (Å²) in [5.41, 5.74) is 0.905. The smallest absolute Gasteiger partial charge is 0.369 e. The van der Waals surface area contributed by atoms with E-state index in [9.17, 15) is 13.2 Å². The molecule has 0 atom stereocenters. The Morgan fingerprint density at radius 3 is 2.48 bits per heavy atom. The number of rotatable bonds is 3. The molecule has 1 aliphatic rings. The van der Waals surface area contributed by atoms with E-state index in [2.05, 4.69) is 10.1 Å². The Labute approximate surface area is 132 Å². The van der Waals surface area contributed by atoms with Crippen molar-refractivity contribution in [1.29, 1.82) is 0 Å². The zero-order chi connectivity index (χ0) is 16.4. The van der Waals surface area contributed by atoms with E-state index in [0.29, 0.717) is 25.3 Å². The zero-order valence-electron chi connectivity index (χ0n) is 12.8. The first-order chi connectivity index (χ1) is 10.9. The fourth-order valence-electron chi connectivity index (χ4n) is 2.76. The Morgan fingerprint density at radius 2 is 1.87 bits per heavy atom. The predicted molar refractivity (Wildman–Crippen MR) is 80.2 cm³/mol. The van der Waals surface area contributed by atoms with Gasteiger partial charge in [0, 0.05) is 44.5 Å². The first-order valence-electron chi connectivity index (χ1n) is 7.48. The molecule has 0 amide bonds. The molecular weight excluding hydrogens is 307 g/mol. The van der Waals surface area contributed by atoms with Gasteiger partial charge in [0.05, 0.1) is 11.3 Å². The quantitative estimate of drug-likeness (QED) is 0.866. The molecule has 7 heteroatoms. The average Bonchev–Trinajstić information content (AvgIpc) is 2.92. The fourth-order valence-corrected chi connectivity index (χ4v) is 2.76. The van der Waals surface area contributed by atoms with Crippen molar-refractivity contribution in [2.45, 2.75) is 19.6 Å². The number of halogens is 3. The van der Waals surface area contributed by atoms with Crippen LogP contribution in [0.3, 0.4) is 0 Å². The van der Waals surface area contributed by atoms with Gasteiger partial charge in [-0.05, 0) is 25.1 Å². The van der Waals surface area contributed by atoms with Crippen LogP contribution in [-0.4, -0.2) is 36.2 Å². The minimum absolute atomic E-state index is 0.601. The summed E-state index contributed by atoms with van der Waals surface area (Å²) >= 11 is 0. The van der Waals surface area contributed by atoms with Crippen LogP contribution in [0.15, 0.2) is 34.9 Å². The fraction of sp³-hybridized carbons (Fsp3) is 0.438. The molecule has 0 radical (unpaired) electrons. The summed E-state index contributed by atoms with van der Waals surface area (Å²) in [5.74, 6) is 0.780. The number of anilines is 1. The van der Waals surface area contributed by atoms with Crippen LogP contribution in [0.5, 0.6) is 0 Å².